The van der Waals surface area contributed by atoms with Gasteiger partial charge in [0.15, 0.2) is 0 Å². The van der Waals surface area contributed by atoms with Crippen LogP contribution in [0, 0.1) is 3.57 Å². The van der Waals surface area contributed by atoms with E-state index in [1.54, 1.807) is 0 Å². The molecule has 122 valence electrons. The second-order valence-corrected chi connectivity index (χ2v) is 7.87. The van der Waals surface area contributed by atoms with Crippen LogP contribution in [0.5, 0.6) is 0 Å². The summed E-state index contributed by atoms with van der Waals surface area (Å²) in [5, 5.41) is 3.60. The molecule has 0 heterocycles. The number of ether oxygens (including phenoxy) is 1. The number of nitrogens with one attached hydrogen (secondary N) is 1. The summed E-state index contributed by atoms with van der Waals surface area (Å²) in [7, 11) is 0. The van der Waals surface area contributed by atoms with Crippen LogP contribution in [-0.4, -0.2) is 11.7 Å². The predicted octanol–water partition coefficient (Wildman–Crippen LogP) is 5.56. The molecule has 2 rings (SSSR count). The predicted molar refractivity (Wildman–Crippen MR) is 102 cm³/mol. The summed E-state index contributed by atoms with van der Waals surface area (Å²) in [5.74, 6) is 0. The van der Waals surface area contributed by atoms with E-state index in [1.807, 2.05) is 69.3 Å². The number of benzene rings is 2. The number of alkyl carbamates (subject to hydrolysis) is 1. The van der Waals surface area contributed by atoms with E-state index >= 15 is 0 Å². The van der Waals surface area contributed by atoms with Gasteiger partial charge in [0.1, 0.15) is 5.60 Å². The van der Waals surface area contributed by atoms with Gasteiger partial charge in [-0.2, -0.15) is 0 Å². The fraction of sp³-hybridized carbons (Fsp3) is 0.278. The van der Waals surface area contributed by atoms with E-state index in [4.69, 9.17) is 16.3 Å². The van der Waals surface area contributed by atoms with Gasteiger partial charge in [-0.25, -0.2) is 4.79 Å². The van der Waals surface area contributed by atoms with Gasteiger partial charge in [-0.1, -0.05) is 35.9 Å². The maximum absolute atomic E-state index is 12.2. The number of carbonyl (C=O) groups is 1. The highest BCUT2D eigenvalue weighted by Crippen LogP contribution is 2.25. The van der Waals surface area contributed by atoms with Crippen LogP contribution in [0.4, 0.5) is 4.79 Å². The summed E-state index contributed by atoms with van der Waals surface area (Å²) in [6, 6.07) is 15.2. The van der Waals surface area contributed by atoms with Crippen LogP contribution >= 0.6 is 34.2 Å². The van der Waals surface area contributed by atoms with Gasteiger partial charge in [-0.05, 0) is 78.8 Å². The third kappa shape index (κ3) is 5.70. The first kappa shape index (κ1) is 18.1. The summed E-state index contributed by atoms with van der Waals surface area (Å²) in [5.41, 5.74) is 1.40. The maximum Gasteiger partial charge on any atom is 0.408 e. The van der Waals surface area contributed by atoms with Crippen molar-refractivity contribution in [1.29, 1.82) is 0 Å². The topological polar surface area (TPSA) is 38.3 Å². The van der Waals surface area contributed by atoms with Crippen LogP contribution in [0.15, 0.2) is 48.5 Å². The average Bonchev–Trinajstić information content (AvgIpc) is 2.44. The Balaban J connectivity index is 2.32. The Kier molecular flexibility index (Phi) is 5.92. The largest absolute Gasteiger partial charge is 0.444 e. The Morgan fingerprint density at radius 2 is 1.78 bits per heavy atom. The molecule has 2 aromatic carbocycles. The molecular weight excluding hydrogens is 425 g/mol. The molecule has 0 aliphatic heterocycles. The number of hydrogen-bond donors (Lipinski definition) is 1. The minimum Gasteiger partial charge on any atom is -0.444 e. The van der Waals surface area contributed by atoms with E-state index in [-0.39, 0.29) is 6.04 Å². The molecule has 0 bridgehead atoms. The molecule has 3 nitrogen and oxygen atoms in total. The summed E-state index contributed by atoms with van der Waals surface area (Å²) in [6.07, 6.45) is -0.448. The van der Waals surface area contributed by atoms with Gasteiger partial charge in [0.2, 0.25) is 0 Å². The summed E-state index contributed by atoms with van der Waals surface area (Å²) in [6.45, 7) is 5.53. The zero-order valence-corrected chi connectivity index (χ0v) is 16.2. The monoisotopic (exact) mass is 443 g/mol. The lowest BCUT2D eigenvalue weighted by Gasteiger charge is -2.24. The van der Waals surface area contributed by atoms with Gasteiger partial charge in [-0.15, -0.1) is 0 Å². The fourth-order valence-corrected chi connectivity index (χ4v) is 2.82. The standard InChI is InChI=1S/C18H19ClINO2/c1-18(2,3)23-17(22)21-16(12-7-9-14(19)10-8-12)13-5-4-6-15(20)11-13/h4-11,16H,1-3H3,(H,21,22). The molecular formula is C18H19ClINO2. The molecule has 2 aromatic rings. The quantitative estimate of drug-likeness (QED) is 0.631. The second-order valence-electron chi connectivity index (χ2n) is 6.19. The van der Waals surface area contributed by atoms with Gasteiger partial charge in [0, 0.05) is 8.59 Å². The van der Waals surface area contributed by atoms with Gasteiger partial charge in [0.05, 0.1) is 6.04 Å². The first-order valence-corrected chi connectivity index (χ1v) is 8.71. The van der Waals surface area contributed by atoms with E-state index in [0.717, 1.165) is 14.7 Å². The minimum atomic E-state index is -0.542. The second kappa shape index (κ2) is 7.53. The zero-order chi connectivity index (χ0) is 17.0. The van der Waals surface area contributed by atoms with Crippen molar-refractivity contribution in [2.45, 2.75) is 32.4 Å². The summed E-state index contributed by atoms with van der Waals surface area (Å²) in [4.78, 5) is 12.2. The van der Waals surface area contributed by atoms with E-state index in [1.165, 1.54) is 0 Å². The molecule has 0 aromatic heterocycles. The van der Waals surface area contributed by atoms with Crippen molar-refractivity contribution in [3.8, 4) is 0 Å². The van der Waals surface area contributed by atoms with Gasteiger partial charge in [-0.3, -0.25) is 0 Å². The molecule has 0 fully saturated rings. The zero-order valence-electron chi connectivity index (χ0n) is 13.3. The highest BCUT2D eigenvalue weighted by atomic mass is 127. The molecule has 0 saturated carbocycles. The Morgan fingerprint density at radius 1 is 1.13 bits per heavy atom. The van der Waals surface area contributed by atoms with Crippen molar-refractivity contribution in [2.24, 2.45) is 0 Å². The number of rotatable bonds is 3. The Bertz CT molecular complexity index is 680. The summed E-state index contributed by atoms with van der Waals surface area (Å²) < 4.78 is 6.49. The van der Waals surface area contributed by atoms with Crippen LogP contribution in [0.25, 0.3) is 0 Å². The number of carbonyl (C=O) groups excluding carboxylic acids is 1. The molecule has 0 aliphatic rings. The minimum absolute atomic E-state index is 0.295. The Hall–Kier alpha value is -1.27. The lowest BCUT2D eigenvalue weighted by atomic mass is 9.99. The molecule has 0 saturated heterocycles. The lowest BCUT2D eigenvalue weighted by molar-refractivity contribution is 0.0512. The first-order chi connectivity index (χ1) is 10.7. The van der Waals surface area contributed by atoms with Crippen molar-refractivity contribution in [2.75, 3.05) is 0 Å². The van der Waals surface area contributed by atoms with E-state index in [0.29, 0.717) is 5.02 Å². The molecule has 1 N–H and O–H groups in total. The van der Waals surface area contributed by atoms with E-state index in [9.17, 15) is 4.79 Å². The number of amides is 1. The fourth-order valence-electron chi connectivity index (χ4n) is 2.13. The van der Waals surface area contributed by atoms with Crippen molar-refractivity contribution >= 4 is 40.3 Å². The number of halogens is 2. The first-order valence-electron chi connectivity index (χ1n) is 7.25. The van der Waals surface area contributed by atoms with E-state index in [2.05, 4.69) is 27.9 Å². The highest BCUT2D eigenvalue weighted by molar-refractivity contribution is 14.1. The third-order valence-corrected chi connectivity index (χ3v) is 3.97. The third-order valence-electron chi connectivity index (χ3n) is 3.05. The van der Waals surface area contributed by atoms with Crippen molar-refractivity contribution < 1.29 is 9.53 Å². The Labute approximate surface area is 155 Å². The van der Waals surface area contributed by atoms with Gasteiger partial charge in [0.25, 0.3) is 0 Å². The van der Waals surface area contributed by atoms with Crippen LogP contribution in [0.3, 0.4) is 0 Å². The van der Waals surface area contributed by atoms with Crippen molar-refractivity contribution in [3.05, 3.63) is 68.3 Å². The molecule has 0 radical (unpaired) electrons. The highest BCUT2D eigenvalue weighted by Gasteiger charge is 2.22. The average molecular weight is 444 g/mol. The Morgan fingerprint density at radius 3 is 2.35 bits per heavy atom. The van der Waals surface area contributed by atoms with Crippen molar-refractivity contribution in [3.63, 3.8) is 0 Å². The molecule has 1 unspecified atom stereocenters. The normalized spacial score (nSPS) is 12.6. The van der Waals surface area contributed by atoms with Gasteiger partial charge < -0.3 is 10.1 Å². The van der Waals surface area contributed by atoms with Gasteiger partial charge >= 0.3 is 6.09 Å². The lowest BCUT2D eigenvalue weighted by Crippen LogP contribution is -2.35. The van der Waals surface area contributed by atoms with Crippen LogP contribution < -0.4 is 5.32 Å². The van der Waals surface area contributed by atoms with E-state index < -0.39 is 11.7 Å². The maximum atomic E-state index is 12.2. The molecule has 0 spiro atoms. The number of hydrogen-bond acceptors (Lipinski definition) is 2. The molecule has 1 atom stereocenters. The SMILES string of the molecule is CC(C)(C)OC(=O)NC(c1ccc(Cl)cc1)c1cccc(I)c1. The van der Waals surface area contributed by atoms with Crippen LogP contribution in [0.1, 0.15) is 37.9 Å². The van der Waals surface area contributed by atoms with Crippen molar-refractivity contribution in [1.82, 2.24) is 5.32 Å². The van der Waals surface area contributed by atoms with Crippen LogP contribution in [-0.2, 0) is 4.74 Å². The smallest absolute Gasteiger partial charge is 0.408 e. The molecule has 1 amide bonds. The summed E-state index contributed by atoms with van der Waals surface area (Å²) >= 11 is 8.22. The van der Waals surface area contributed by atoms with Crippen LogP contribution in [0.2, 0.25) is 5.02 Å². The molecule has 0 aliphatic carbocycles. The molecule has 23 heavy (non-hydrogen) atoms. The molecule has 5 heteroatoms.